The van der Waals surface area contributed by atoms with Crippen molar-refractivity contribution < 1.29 is 17.6 Å². The number of rotatable bonds is 3. The number of Topliss-reactive ketones (excluding diaryl/α,β-unsaturated/α-hetero) is 1. The first-order chi connectivity index (χ1) is 13.2. The molecule has 1 atom stereocenters. The normalized spacial score (nSPS) is 21.0. The largest absolute Gasteiger partial charge is 0.306 e. The molecular formula is C20H22FN3O3S. The number of ketones is 1. The first-order valence-electron chi connectivity index (χ1n) is 9.35. The van der Waals surface area contributed by atoms with Gasteiger partial charge in [-0.05, 0) is 36.6 Å². The Morgan fingerprint density at radius 3 is 2.46 bits per heavy atom. The van der Waals surface area contributed by atoms with Crippen LogP contribution in [0.15, 0.2) is 30.6 Å². The van der Waals surface area contributed by atoms with Crippen molar-refractivity contribution in [2.45, 2.75) is 49.8 Å². The molecule has 1 aromatic carbocycles. The van der Waals surface area contributed by atoms with Gasteiger partial charge >= 0.3 is 0 Å². The maximum atomic E-state index is 14.2. The zero-order valence-electron chi connectivity index (χ0n) is 15.9. The molecule has 2 heterocycles. The predicted octanol–water partition coefficient (Wildman–Crippen LogP) is 3.54. The Kier molecular flexibility index (Phi) is 4.49. The van der Waals surface area contributed by atoms with Crippen LogP contribution in [0.4, 0.5) is 15.9 Å². The lowest BCUT2D eigenvalue weighted by atomic mass is 9.70. The number of benzene rings is 1. The van der Waals surface area contributed by atoms with E-state index < -0.39 is 20.6 Å². The number of fused-ring (bicyclic) bond motifs is 2. The molecule has 1 aromatic heterocycles. The number of halogens is 1. The fourth-order valence-corrected chi connectivity index (χ4v) is 6.58. The molecular weight excluding hydrogens is 381 g/mol. The van der Waals surface area contributed by atoms with Gasteiger partial charge in [0.2, 0.25) is 0 Å². The first kappa shape index (κ1) is 19.0. The molecule has 0 unspecified atom stereocenters. The van der Waals surface area contributed by atoms with Gasteiger partial charge in [0.1, 0.15) is 16.9 Å². The van der Waals surface area contributed by atoms with Gasteiger partial charge in [-0.3, -0.25) is 4.79 Å². The second-order valence-electron chi connectivity index (χ2n) is 7.75. The molecule has 0 amide bonds. The van der Waals surface area contributed by atoms with Gasteiger partial charge in [0.05, 0.1) is 12.4 Å². The number of hydrogen-bond acceptors (Lipinski definition) is 6. The third-order valence-electron chi connectivity index (χ3n) is 5.86. The van der Waals surface area contributed by atoms with Crippen LogP contribution in [0.2, 0.25) is 0 Å². The van der Waals surface area contributed by atoms with Crippen molar-refractivity contribution in [1.82, 2.24) is 9.97 Å². The highest BCUT2D eigenvalue weighted by molar-refractivity contribution is 7.91. The van der Waals surface area contributed by atoms with Gasteiger partial charge in [0.25, 0.3) is 0 Å². The van der Waals surface area contributed by atoms with E-state index in [2.05, 4.69) is 9.97 Å². The Labute approximate surface area is 163 Å². The van der Waals surface area contributed by atoms with Gasteiger partial charge in [-0.15, -0.1) is 0 Å². The minimum atomic E-state index is -3.55. The molecule has 1 fully saturated rings. The Balaban J connectivity index is 1.95. The van der Waals surface area contributed by atoms with Crippen molar-refractivity contribution in [2.24, 2.45) is 0 Å². The van der Waals surface area contributed by atoms with E-state index in [9.17, 15) is 17.6 Å². The summed E-state index contributed by atoms with van der Waals surface area (Å²) in [7, 11) is -3.55. The van der Waals surface area contributed by atoms with Crippen LogP contribution in [0.1, 0.15) is 55.1 Å². The Bertz CT molecular complexity index is 1030. The molecule has 1 aliphatic heterocycles. The third-order valence-corrected chi connectivity index (χ3v) is 7.33. The average molecular weight is 403 g/mol. The molecule has 6 nitrogen and oxygen atoms in total. The van der Waals surface area contributed by atoms with Crippen molar-refractivity contribution in [1.29, 1.82) is 0 Å². The van der Waals surface area contributed by atoms with Gasteiger partial charge in [-0.1, -0.05) is 19.3 Å². The highest BCUT2D eigenvalue weighted by Gasteiger charge is 2.56. The summed E-state index contributed by atoms with van der Waals surface area (Å²) >= 11 is 0. The second kappa shape index (κ2) is 6.62. The van der Waals surface area contributed by atoms with Crippen molar-refractivity contribution in [2.75, 3.05) is 11.2 Å². The van der Waals surface area contributed by atoms with E-state index in [4.69, 9.17) is 0 Å². The van der Waals surface area contributed by atoms with Crippen LogP contribution in [0.3, 0.4) is 0 Å². The lowest BCUT2D eigenvalue weighted by Gasteiger charge is -2.40. The molecule has 2 aliphatic rings. The van der Waals surface area contributed by atoms with Crippen molar-refractivity contribution in [3.63, 3.8) is 0 Å². The summed E-state index contributed by atoms with van der Waals surface area (Å²) in [5.41, 5.74) is 0.902. The fourth-order valence-electron chi connectivity index (χ4n) is 4.79. The number of carbonyl (C=O) groups excluding carboxylic acids is 1. The SMILES string of the molecule is CC(=O)c1cnc(N2c3ccc(F)cc3C3(CCCCC3)[C@H]2S(C)(=O)=O)cn1. The Morgan fingerprint density at radius 1 is 1.18 bits per heavy atom. The number of carbonyl (C=O) groups is 1. The summed E-state index contributed by atoms with van der Waals surface area (Å²) in [5, 5.41) is -0.880. The maximum Gasteiger partial charge on any atom is 0.179 e. The second-order valence-corrected chi connectivity index (χ2v) is 9.85. The molecule has 1 aliphatic carbocycles. The first-order valence-corrected chi connectivity index (χ1v) is 11.3. The van der Waals surface area contributed by atoms with Gasteiger partial charge in [-0.25, -0.2) is 22.8 Å². The van der Waals surface area contributed by atoms with E-state index in [0.717, 1.165) is 24.8 Å². The summed E-state index contributed by atoms with van der Waals surface area (Å²) in [6.07, 6.45) is 8.18. The van der Waals surface area contributed by atoms with Crippen molar-refractivity contribution in [3.05, 3.63) is 47.7 Å². The number of hydrogen-bond donors (Lipinski definition) is 0. The minimum absolute atomic E-state index is 0.213. The van der Waals surface area contributed by atoms with Crippen LogP contribution in [0, 0.1) is 5.82 Å². The zero-order valence-corrected chi connectivity index (χ0v) is 16.7. The lowest BCUT2D eigenvalue weighted by Crippen LogP contribution is -2.49. The number of aromatic nitrogens is 2. The monoisotopic (exact) mass is 403 g/mol. The fraction of sp³-hybridized carbons (Fsp3) is 0.450. The Hall–Kier alpha value is -2.35. The summed E-state index contributed by atoms with van der Waals surface area (Å²) in [4.78, 5) is 21.7. The molecule has 0 saturated heterocycles. The van der Waals surface area contributed by atoms with Gasteiger partial charge < -0.3 is 4.90 Å². The zero-order chi connectivity index (χ0) is 20.1. The van der Waals surface area contributed by atoms with E-state index in [1.807, 2.05) is 0 Å². The van der Waals surface area contributed by atoms with Crippen molar-refractivity contribution in [3.8, 4) is 0 Å². The quantitative estimate of drug-likeness (QED) is 0.729. The lowest BCUT2D eigenvalue weighted by molar-refractivity contribution is 0.101. The van der Waals surface area contributed by atoms with Crippen molar-refractivity contribution >= 4 is 27.1 Å². The number of sulfone groups is 1. The molecule has 28 heavy (non-hydrogen) atoms. The van der Waals surface area contributed by atoms with Crippen LogP contribution < -0.4 is 4.90 Å². The molecule has 0 bridgehead atoms. The van der Waals surface area contributed by atoms with Gasteiger partial charge in [0.15, 0.2) is 21.4 Å². The topological polar surface area (TPSA) is 80.2 Å². The van der Waals surface area contributed by atoms with Gasteiger partial charge in [0, 0.05) is 24.3 Å². The summed E-state index contributed by atoms with van der Waals surface area (Å²) in [6, 6.07) is 4.42. The van der Waals surface area contributed by atoms with Crippen LogP contribution >= 0.6 is 0 Å². The molecule has 1 saturated carbocycles. The highest BCUT2D eigenvalue weighted by atomic mass is 32.2. The van der Waals surface area contributed by atoms with Crippen LogP contribution in [0.25, 0.3) is 0 Å². The highest BCUT2D eigenvalue weighted by Crippen LogP contribution is 2.56. The van der Waals surface area contributed by atoms with E-state index in [-0.39, 0.29) is 17.3 Å². The van der Waals surface area contributed by atoms with E-state index >= 15 is 0 Å². The van der Waals surface area contributed by atoms with Crippen LogP contribution in [0.5, 0.6) is 0 Å². The smallest absolute Gasteiger partial charge is 0.179 e. The average Bonchev–Trinajstić information content (AvgIpc) is 2.92. The number of nitrogens with zero attached hydrogens (tertiary/aromatic N) is 3. The third kappa shape index (κ3) is 2.90. The predicted molar refractivity (Wildman–Crippen MR) is 104 cm³/mol. The molecule has 148 valence electrons. The van der Waals surface area contributed by atoms with Crippen LogP contribution in [-0.2, 0) is 15.3 Å². The number of anilines is 2. The van der Waals surface area contributed by atoms with E-state index in [1.54, 1.807) is 11.0 Å². The van der Waals surface area contributed by atoms with Gasteiger partial charge in [-0.2, -0.15) is 0 Å². The molecule has 0 radical (unpaired) electrons. The summed E-state index contributed by atoms with van der Waals surface area (Å²) in [5.74, 6) is -0.252. The standard InChI is InChI=1S/C20H22FN3O3S/c1-13(25)16-11-23-18(12-22-16)24-17-7-6-14(21)10-15(17)20(8-4-3-5-9-20)19(24)28(2,26)27/h6-7,10-12,19H,3-5,8-9H2,1-2H3/t19-/m1/s1. The molecule has 8 heteroatoms. The molecule has 4 rings (SSSR count). The summed E-state index contributed by atoms with van der Waals surface area (Å²) < 4.78 is 40.1. The minimum Gasteiger partial charge on any atom is -0.306 e. The molecule has 1 spiro atoms. The van der Waals surface area contributed by atoms with Crippen LogP contribution in [-0.4, -0.2) is 35.8 Å². The maximum absolute atomic E-state index is 14.2. The Morgan fingerprint density at radius 2 is 1.89 bits per heavy atom. The molecule has 0 N–H and O–H groups in total. The van der Waals surface area contributed by atoms with E-state index in [0.29, 0.717) is 24.3 Å². The summed E-state index contributed by atoms with van der Waals surface area (Å²) in [6.45, 7) is 1.40. The van der Waals surface area contributed by atoms with E-state index in [1.165, 1.54) is 37.7 Å². The molecule has 2 aromatic rings.